The highest BCUT2D eigenvalue weighted by Gasteiger charge is 2.16. The number of hydrogen-bond donors (Lipinski definition) is 0. The van der Waals surface area contributed by atoms with Gasteiger partial charge in [-0.2, -0.15) is 5.10 Å². The highest BCUT2D eigenvalue weighted by Crippen LogP contribution is 2.36. The number of hydrogen-bond acceptors (Lipinski definition) is 4. The van der Waals surface area contributed by atoms with Gasteiger partial charge >= 0.3 is 0 Å². The minimum Gasteiger partial charge on any atom is -0.457 e. The van der Waals surface area contributed by atoms with Crippen molar-refractivity contribution in [1.82, 2.24) is 19.3 Å². The van der Waals surface area contributed by atoms with Crippen LogP contribution >= 0.6 is 11.8 Å². The van der Waals surface area contributed by atoms with Gasteiger partial charge in [-0.05, 0) is 78.3 Å². The molecule has 224 valence electrons. The molecule has 3 aromatic heterocycles. The van der Waals surface area contributed by atoms with Gasteiger partial charge in [-0.15, -0.1) is 11.8 Å². The van der Waals surface area contributed by atoms with Crippen molar-refractivity contribution in [3.8, 4) is 34.1 Å². The van der Waals surface area contributed by atoms with E-state index in [-0.39, 0.29) is 0 Å². The molecule has 7 aromatic rings. The molecule has 6 heteroatoms. The van der Waals surface area contributed by atoms with Gasteiger partial charge < -0.3 is 4.74 Å². The number of rotatable bonds is 10. The van der Waals surface area contributed by atoms with Gasteiger partial charge in [0.05, 0.1) is 22.9 Å². The molecule has 4 aromatic carbocycles. The van der Waals surface area contributed by atoms with Crippen LogP contribution in [0, 0.1) is 0 Å². The first kappa shape index (κ1) is 28.9. The van der Waals surface area contributed by atoms with Crippen molar-refractivity contribution >= 4 is 33.6 Å². The predicted molar refractivity (Wildman–Crippen MR) is 187 cm³/mol. The van der Waals surface area contributed by atoms with Crippen molar-refractivity contribution in [3.05, 3.63) is 127 Å². The smallest absolute Gasteiger partial charge is 0.138 e. The molecule has 7 rings (SSSR count). The lowest BCUT2D eigenvalue weighted by Crippen LogP contribution is -1.97. The van der Waals surface area contributed by atoms with Crippen LogP contribution in [0.25, 0.3) is 44.4 Å². The standard InChI is InChI=1S/C39H36N4OS/c1-4-10-27-12-8-13-28(11-5-2)39(27)29-25-41-42(26-29)30-14-9-15-31(22-30)44-32-18-19-35-34-16-6-7-17-36(34)43(37(35)23-32)38-24-33(45-3)20-21-40-38/h6-9,12-26H,4-5,10-11H2,1-3H3. The van der Waals surface area contributed by atoms with E-state index in [0.29, 0.717) is 0 Å². The summed E-state index contributed by atoms with van der Waals surface area (Å²) >= 11 is 1.72. The summed E-state index contributed by atoms with van der Waals surface area (Å²) in [6, 6.07) is 33.8. The maximum atomic E-state index is 6.49. The number of aromatic nitrogens is 4. The number of para-hydroxylation sites is 1. The van der Waals surface area contributed by atoms with E-state index in [9.17, 15) is 0 Å². The Morgan fingerprint density at radius 3 is 2.29 bits per heavy atom. The van der Waals surface area contributed by atoms with Gasteiger partial charge in [0.1, 0.15) is 17.3 Å². The van der Waals surface area contributed by atoms with E-state index in [4.69, 9.17) is 14.8 Å². The van der Waals surface area contributed by atoms with Crippen LogP contribution in [0.4, 0.5) is 0 Å². The average molecular weight is 609 g/mol. The molecule has 3 heterocycles. The maximum absolute atomic E-state index is 6.49. The van der Waals surface area contributed by atoms with Crippen LogP contribution in [0.1, 0.15) is 37.8 Å². The second-order valence-corrected chi connectivity index (χ2v) is 12.2. The molecule has 0 fully saturated rings. The SMILES string of the molecule is CCCc1cccc(CCC)c1-c1cnn(-c2cccc(Oc3ccc4c5ccccc5n(-c5cc(SC)ccn5)c4c3)c2)c1. The lowest BCUT2D eigenvalue weighted by Gasteiger charge is -2.13. The number of aryl methyl sites for hydroxylation is 2. The summed E-state index contributed by atoms with van der Waals surface area (Å²) < 4.78 is 10.7. The predicted octanol–water partition coefficient (Wildman–Crippen LogP) is 10.5. The maximum Gasteiger partial charge on any atom is 0.138 e. The fraction of sp³-hybridized carbons (Fsp3) is 0.179. The van der Waals surface area contributed by atoms with E-state index in [0.717, 1.165) is 70.7 Å². The lowest BCUT2D eigenvalue weighted by atomic mass is 9.92. The minimum absolute atomic E-state index is 0.757. The Hall–Kier alpha value is -4.81. The zero-order valence-corrected chi connectivity index (χ0v) is 26.7. The number of nitrogens with zero attached hydrogens (tertiary/aromatic N) is 4. The van der Waals surface area contributed by atoms with E-state index in [1.54, 1.807) is 11.8 Å². The Morgan fingerprint density at radius 2 is 1.49 bits per heavy atom. The summed E-state index contributed by atoms with van der Waals surface area (Å²) in [4.78, 5) is 5.92. The largest absolute Gasteiger partial charge is 0.457 e. The zero-order valence-electron chi connectivity index (χ0n) is 25.9. The van der Waals surface area contributed by atoms with Gasteiger partial charge in [0, 0.05) is 45.8 Å². The first-order valence-corrected chi connectivity index (χ1v) is 16.9. The minimum atomic E-state index is 0.757. The third kappa shape index (κ3) is 5.62. The van der Waals surface area contributed by atoms with Crippen molar-refractivity contribution in [2.75, 3.05) is 6.26 Å². The zero-order chi connectivity index (χ0) is 30.8. The molecular weight excluding hydrogens is 573 g/mol. The number of benzene rings is 4. The normalized spacial score (nSPS) is 11.4. The van der Waals surface area contributed by atoms with Crippen LogP contribution in [-0.2, 0) is 12.8 Å². The molecule has 0 atom stereocenters. The highest BCUT2D eigenvalue weighted by molar-refractivity contribution is 7.98. The third-order valence-corrected chi connectivity index (χ3v) is 9.02. The number of fused-ring (bicyclic) bond motifs is 3. The summed E-state index contributed by atoms with van der Waals surface area (Å²) in [6.45, 7) is 4.48. The quantitative estimate of drug-likeness (QED) is 0.145. The lowest BCUT2D eigenvalue weighted by molar-refractivity contribution is 0.483. The number of thioether (sulfide) groups is 1. The van der Waals surface area contributed by atoms with Crippen molar-refractivity contribution in [2.45, 2.75) is 44.4 Å². The van der Waals surface area contributed by atoms with E-state index >= 15 is 0 Å². The van der Waals surface area contributed by atoms with Crippen molar-refractivity contribution in [3.63, 3.8) is 0 Å². The van der Waals surface area contributed by atoms with Gasteiger partial charge in [0.2, 0.25) is 0 Å². The Morgan fingerprint density at radius 1 is 0.733 bits per heavy atom. The van der Waals surface area contributed by atoms with Crippen LogP contribution < -0.4 is 4.74 Å². The first-order chi connectivity index (χ1) is 22.2. The number of pyridine rings is 1. The Bertz CT molecular complexity index is 2100. The van der Waals surface area contributed by atoms with Gasteiger partial charge in [-0.1, -0.05) is 69.2 Å². The summed E-state index contributed by atoms with van der Waals surface area (Å²) in [5.41, 5.74) is 8.41. The van der Waals surface area contributed by atoms with E-state index in [1.165, 1.54) is 27.0 Å². The van der Waals surface area contributed by atoms with E-state index in [2.05, 4.69) is 97.6 Å². The molecule has 0 saturated heterocycles. The molecule has 0 radical (unpaired) electrons. The van der Waals surface area contributed by atoms with Gasteiger partial charge in [-0.25, -0.2) is 9.67 Å². The molecule has 0 aliphatic heterocycles. The van der Waals surface area contributed by atoms with E-state index in [1.807, 2.05) is 47.4 Å². The van der Waals surface area contributed by atoms with Crippen molar-refractivity contribution < 1.29 is 4.74 Å². The second-order valence-electron chi connectivity index (χ2n) is 11.3. The third-order valence-electron chi connectivity index (χ3n) is 8.29. The second kappa shape index (κ2) is 12.7. The Labute approximate surface area is 268 Å². The molecule has 0 amide bonds. The van der Waals surface area contributed by atoms with Crippen LogP contribution in [0.5, 0.6) is 11.5 Å². The van der Waals surface area contributed by atoms with E-state index < -0.39 is 0 Å². The fourth-order valence-electron chi connectivity index (χ4n) is 6.31. The molecule has 0 spiro atoms. The first-order valence-electron chi connectivity index (χ1n) is 15.6. The topological polar surface area (TPSA) is 44.9 Å². The molecule has 5 nitrogen and oxygen atoms in total. The molecule has 45 heavy (non-hydrogen) atoms. The van der Waals surface area contributed by atoms with Crippen LogP contribution in [0.2, 0.25) is 0 Å². The summed E-state index contributed by atoms with van der Waals surface area (Å²) in [5, 5.41) is 7.14. The molecule has 0 aliphatic rings. The molecular formula is C39H36N4OS. The molecule has 0 bridgehead atoms. The molecule has 0 N–H and O–H groups in total. The van der Waals surface area contributed by atoms with Crippen molar-refractivity contribution in [1.29, 1.82) is 0 Å². The summed E-state index contributed by atoms with van der Waals surface area (Å²) in [5.74, 6) is 2.42. The number of ether oxygens (including phenoxy) is 1. The van der Waals surface area contributed by atoms with Crippen LogP contribution in [0.15, 0.2) is 121 Å². The summed E-state index contributed by atoms with van der Waals surface area (Å²) in [6.07, 6.45) is 12.5. The van der Waals surface area contributed by atoms with Crippen molar-refractivity contribution in [2.24, 2.45) is 0 Å². The van der Waals surface area contributed by atoms with Crippen LogP contribution in [0.3, 0.4) is 0 Å². The molecule has 0 unspecified atom stereocenters. The monoisotopic (exact) mass is 608 g/mol. The fourth-order valence-corrected chi connectivity index (χ4v) is 6.73. The van der Waals surface area contributed by atoms with Gasteiger partial charge in [0.25, 0.3) is 0 Å². The van der Waals surface area contributed by atoms with Gasteiger partial charge in [0.15, 0.2) is 0 Å². The van der Waals surface area contributed by atoms with Gasteiger partial charge in [-0.3, -0.25) is 4.57 Å². The summed E-state index contributed by atoms with van der Waals surface area (Å²) in [7, 11) is 0. The Kier molecular flexibility index (Phi) is 8.14. The molecule has 0 aliphatic carbocycles. The van der Waals surface area contributed by atoms with Crippen LogP contribution in [-0.4, -0.2) is 25.6 Å². The average Bonchev–Trinajstić information content (AvgIpc) is 3.69. The molecule has 0 saturated carbocycles. The highest BCUT2D eigenvalue weighted by atomic mass is 32.2. The Balaban J connectivity index is 1.23.